The van der Waals surface area contributed by atoms with Gasteiger partial charge in [-0.1, -0.05) is 48.5 Å². The topological polar surface area (TPSA) is 46.9 Å². The highest BCUT2D eigenvalue weighted by Gasteiger charge is 2.42. The van der Waals surface area contributed by atoms with Gasteiger partial charge in [-0.15, -0.1) is 0 Å². The van der Waals surface area contributed by atoms with Crippen LogP contribution in [0.25, 0.3) is 0 Å². The summed E-state index contributed by atoms with van der Waals surface area (Å²) in [5.74, 6) is 0.620. The Morgan fingerprint density at radius 3 is 1.41 bits per heavy atom. The number of nitrogens with zero attached hydrogens (tertiary/aromatic N) is 2. The number of phenols is 2. The number of phenolic OH excluding ortho intramolecular Hbond substituents is 2. The Kier molecular flexibility index (Phi) is 4.19. The maximum atomic E-state index is 10.3. The van der Waals surface area contributed by atoms with Gasteiger partial charge in [0.15, 0.2) is 0 Å². The van der Waals surface area contributed by atoms with Crippen LogP contribution in [0, 0.1) is 0 Å². The normalized spacial score (nSPS) is 15.0. The van der Waals surface area contributed by atoms with E-state index in [-0.39, 0.29) is 5.66 Å². The molecule has 1 aliphatic rings. The van der Waals surface area contributed by atoms with Crippen LogP contribution < -0.4 is 9.80 Å². The van der Waals surface area contributed by atoms with E-state index >= 15 is 0 Å². The summed E-state index contributed by atoms with van der Waals surface area (Å²) in [5, 5.41) is 20.5. The fourth-order valence-electron chi connectivity index (χ4n) is 3.84. The maximum absolute atomic E-state index is 10.3. The fourth-order valence-corrected chi connectivity index (χ4v) is 3.84. The maximum Gasteiger partial charge on any atom is 0.120 e. The van der Waals surface area contributed by atoms with Crippen LogP contribution in [-0.2, 0) is 13.1 Å². The molecule has 0 aliphatic carbocycles. The smallest absolute Gasteiger partial charge is 0.120 e. The minimum Gasteiger partial charge on any atom is -0.508 e. The van der Waals surface area contributed by atoms with Gasteiger partial charge in [0.25, 0.3) is 0 Å². The second-order valence-electron chi connectivity index (χ2n) is 7.41. The number of hydrogen-bond acceptors (Lipinski definition) is 4. The molecule has 0 aromatic heterocycles. The average molecular weight is 360 g/mol. The molecule has 4 rings (SSSR count). The lowest BCUT2D eigenvalue weighted by atomic mass is 10.1. The number of hydrogen-bond donors (Lipinski definition) is 2. The third-order valence-corrected chi connectivity index (χ3v) is 5.42. The first-order valence-electron chi connectivity index (χ1n) is 9.16. The van der Waals surface area contributed by atoms with Gasteiger partial charge in [-0.2, -0.15) is 0 Å². The SMILES string of the molecule is CC1(C)N(Cc2ccccc2O)c2ccccc2N1Cc1ccccc1O. The van der Waals surface area contributed by atoms with Gasteiger partial charge < -0.3 is 20.0 Å². The van der Waals surface area contributed by atoms with E-state index in [4.69, 9.17) is 0 Å². The van der Waals surface area contributed by atoms with Crippen LogP contribution in [0.4, 0.5) is 11.4 Å². The molecular weight excluding hydrogens is 336 g/mol. The van der Waals surface area contributed by atoms with Crippen LogP contribution >= 0.6 is 0 Å². The lowest BCUT2D eigenvalue weighted by molar-refractivity contribution is 0.428. The van der Waals surface area contributed by atoms with Gasteiger partial charge in [0.1, 0.15) is 17.2 Å². The van der Waals surface area contributed by atoms with Crippen molar-refractivity contribution in [1.82, 2.24) is 0 Å². The highest BCUT2D eigenvalue weighted by atomic mass is 16.3. The Morgan fingerprint density at radius 1 is 0.630 bits per heavy atom. The van der Waals surface area contributed by atoms with Crippen molar-refractivity contribution in [2.75, 3.05) is 9.80 Å². The Bertz CT molecular complexity index is 891. The molecule has 27 heavy (non-hydrogen) atoms. The molecular formula is C23H24N2O2. The first kappa shape index (κ1) is 17.3. The molecule has 2 N–H and O–H groups in total. The quantitative estimate of drug-likeness (QED) is 0.697. The van der Waals surface area contributed by atoms with Crippen molar-refractivity contribution >= 4 is 11.4 Å². The van der Waals surface area contributed by atoms with Gasteiger partial charge in [-0.3, -0.25) is 0 Å². The molecule has 4 nitrogen and oxygen atoms in total. The van der Waals surface area contributed by atoms with Crippen molar-refractivity contribution in [3.05, 3.63) is 83.9 Å². The Balaban J connectivity index is 1.74. The second kappa shape index (κ2) is 6.54. The van der Waals surface area contributed by atoms with E-state index in [2.05, 4.69) is 35.8 Å². The molecule has 0 bridgehead atoms. The van der Waals surface area contributed by atoms with E-state index in [1.165, 1.54) is 0 Å². The third-order valence-electron chi connectivity index (χ3n) is 5.42. The van der Waals surface area contributed by atoms with Crippen LogP contribution in [0.2, 0.25) is 0 Å². The average Bonchev–Trinajstić information content (AvgIpc) is 2.86. The van der Waals surface area contributed by atoms with Crippen molar-refractivity contribution in [1.29, 1.82) is 0 Å². The minimum atomic E-state index is -0.325. The van der Waals surface area contributed by atoms with E-state index in [0.717, 1.165) is 22.5 Å². The summed E-state index contributed by atoms with van der Waals surface area (Å²) >= 11 is 0. The predicted molar refractivity (Wildman–Crippen MR) is 109 cm³/mol. The summed E-state index contributed by atoms with van der Waals surface area (Å²) in [4.78, 5) is 4.61. The molecule has 138 valence electrons. The van der Waals surface area contributed by atoms with Gasteiger partial charge in [-0.25, -0.2) is 0 Å². The molecule has 1 aliphatic heterocycles. The molecule has 0 atom stereocenters. The lowest BCUT2D eigenvalue weighted by Gasteiger charge is -2.41. The molecule has 1 heterocycles. The Labute approximate surface area is 159 Å². The van der Waals surface area contributed by atoms with E-state index < -0.39 is 0 Å². The largest absolute Gasteiger partial charge is 0.508 e. The first-order chi connectivity index (χ1) is 13.0. The molecule has 0 saturated carbocycles. The van der Waals surface area contributed by atoms with Gasteiger partial charge in [-0.05, 0) is 38.1 Å². The van der Waals surface area contributed by atoms with Gasteiger partial charge >= 0.3 is 0 Å². The van der Waals surface area contributed by atoms with Gasteiger partial charge in [0.05, 0.1) is 11.4 Å². The zero-order valence-corrected chi connectivity index (χ0v) is 15.6. The van der Waals surface area contributed by atoms with E-state index in [0.29, 0.717) is 24.6 Å². The lowest BCUT2D eigenvalue weighted by Crippen LogP contribution is -2.51. The molecule has 0 saturated heterocycles. The standard InChI is InChI=1S/C23H24N2O2/c1-23(2)24(15-17-9-3-7-13-21(17)26)19-11-5-6-12-20(19)25(23)16-18-10-4-8-14-22(18)27/h3-14,26-27H,15-16H2,1-2H3. The summed E-state index contributed by atoms with van der Waals surface area (Å²) in [6, 6.07) is 23.2. The molecule has 3 aromatic carbocycles. The van der Waals surface area contributed by atoms with Crippen molar-refractivity contribution < 1.29 is 10.2 Å². The van der Waals surface area contributed by atoms with Crippen molar-refractivity contribution in [2.45, 2.75) is 32.6 Å². The molecule has 0 spiro atoms. The molecule has 0 fully saturated rings. The van der Waals surface area contributed by atoms with Crippen LogP contribution in [0.15, 0.2) is 72.8 Å². The fraction of sp³-hybridized carbons (Fsp3) is 0.217. The number of fused-ring (bicyclic) bond motifs is 1. The highest BCUT2D eigenvalue weighted by molar-refractivity contribution is 5.79. The van der Waals surface area contributed by atoms with Crippen molar-refractivity contribution in [3.63, 3.8) is 0 Å². The zero-order valence-electron chi connectivity index (χ0n) is 15.6. The van der Waals surface area contributed by atoms with E-state index in [1.54, 1.807) is 12.1 Å². The number of anilines is 2. The van der Waals surface area contributed by atoms with Gasteiger partial charge in [0, 0.05) is 24.2 Å². The molecule has 0 radical (unpaired) electrons. The second-order valence-corrected chi connectivity index (χ2v) is 7.41. The van der Waals surface area contributed by atoms with E-state index in [9.17, 15) is 10.2 Å². The molecule has 4 heteroatoms. The Hall–Kier alpha value is -3.14. The van der Waals surface area contributed by atoms with Crippen LogP contribution in [0.3, 0.4) is 0 Å². The molecule has 3 aromatic rings. The summed E-state index contributed by atoms with van der Waals surface area (Å²) < 4.78 is 0. The number of aromatic hydroxyl groups is 2. The monoisotopic (exact) mass is 360 g/mol. The van der Waals surface area contributed by atoms with Crippen molar-refractivity contribution in [3.8, 4) is 11.5 Å². The molecule has 0 amide bonds. The number of benzene rings is 3. The van der Waals surface area contributed by atoms with Crippen molar-refractivity contribution in [2.24, 2.45) is 0 Å². The van der Waals surface area contributed by atoms with Crippen LogP contribution in [-0.4, -0.2) is 15.9 Å². The summed E-state index contributed by atoms with van der Waals surface area (Å²) in [6.07, 6.45) is 0. The third kappa shape index (κ3) is 2.97. The minimum absolute atomic E-state index is 0.310. The zero-order chi connectivity index (χ0) is 19.0. The number of para-hydroxylation sites is 4. The number of rotatable bonds is 4. The van der Waals surface area contributed by atoms with Crippen LogP contribution in [0.1, 0.15) is 25.0 Å². The van der Waals surface area contributed by atoms with Crippen LogP contribution in [0.5, 0.6) is 11.5 Å². The molecule has 0 unspecified atom stereocenters. The summed E-state index contributed by atoms with van der Waals surface area (Å²) in [7, 11) is 0. The summed E-state index contributed by atoms with van der Waals surface area (Å²) in [5.41, 5.74) is 3.71. The summed E-state index contributed by atoms with van der Waals surface area (Å²) in [6.45, 7) is 5.56. The van der Waals surface area contributed by atoms with Gasteiger partial charge in [0.2, 0.25) is 0 Å². The first-order valence-corrected chi connectivity index (χ1v) is 9.16. The predicted octanol–water partition coefficient (Wildman–Crippen LogP) is 4.86. The Morgan fingerprint density at radius 2 is 1.00 bits per heavy atom. The van der Waals surface area contributed by atoms with E-state index in [1.807, 2.05) is 48.5 Å². The highest BCUT2D eigenvalue weighted by Crippen LogP contribution is 2.47.